The minimum absolute atomic E-state index is 0.0477. The number of hydrogen-bond acceptors (Lipinski definition) is 4. The lowest BCUT2D eigenvalue weighted by Gasteiger charge is -2.37. The van der Waals surface area contributed by atoms with Crippen molar-refractivity contribution >= 4 is 11.9 Å². The Morgan fingerprint density at radius 1 is 0.730 bits per heavy atom. The molecule has 0 aromatic rings. The van der Waals surface area contributed by atoms with Crippen molar-refractivity contribution in [2.45, 2.75) is 110 Å². The lowest BCUT2D eigenvalue weighted by molar-refractivity contribution is -0.174. The van der Waals surface area contributed by atoms with Crippen molar-refractivity contribution in [3.8, 4) is 0 Å². The van der Waals surface area contributed by atoms with Gasteiger partial charge in [-0.2, -0.15) is 0 Å². The third kappa shape index (κ3) is 6.04. The third-order valence-corrected chi connectivity index (χ3v) is 8.52. The topological polar surface area (TPSA) is 52.6 Å². The zero-order valence-electron chi connectivity index (χ0n) is 23.3. The van der Waals surface area contributed by atoms with Gasteiger partial charge in [0.1, 0.15) is 11.2 Å². The molecule has 6 unspecified atom stereocenters. The van der Waals surface area contributed by atoms with Crippen LogP contribution < -0.4 is 0 Å². The number of ether oxygens (including phenoxy) is 2. The van der Waals surface area contributed by atoms with Gasteiger partial charge in [0.05, 0.1) is 11.8 Å². The highest BCUT2D eigenvalue weighted by Crippen LogP contribution is 2.50. The molecule has 0 aromatic heterocycles. The van der Waals surface area contributed by atoms with Gasteiger partial charge < -0.3 is 9.47 Å². The highest BCUT2D eigenvalue weighted by atomic mass is 16.6. The predicted octanol–water partition coefficient (Wildman–Crippen LogP) is 7.96. The van der Waals surface area contributed by atoms with Crippen LogP contribution in [-0.2, 0) is 19.1 Å². The smallest absolute Gasteiger partial charge is 0.311 e. The van der Waals surface area contributed by atoms with E-state index in [1.54, 1.807) is 0 Å². The Morgan fingerprint density at radius 2 is 1.16 bits per heavy atom. The maximum absolute atomic E-state index is 13.9. The number of carbonyl (C=O) groups excluding carboxylic acids is 2. The molecular formula is C33H46O4. The van der Waals surface area contributed by atoms with Crippen molar-refractivity contribution in [1.82, 2.24) is 0 Å². The number of allylic oxidation sites excluding steroid dienone is 6. The van der Waals surface area contributed by atoms with Crippen LogP contribution in [0.1, 0.15) is 98.3 Å². The normalized spacial score (nSPS) is 33.8. The van der Waals surface area contributed by atoms with Crippen molar-refractivity contribution in [2.75, 3.05) is 0 Å². The molecule has 2 bridgehead atoms. The fourth-order valence-electron chi connectivity index (χ4n) is 7.04. The molecule has 0 saturated heterocycles. The number of carbonyl (C=O) groups is 2. The van der Waals surface area contributed by atoms with Crippen molar-refractivity contribution in [3.05, 3.63) is 59.8 Å². The second-order valence-electron chi connectivity index (χ2n) is 11.6. The van der Waals surface area contributed by atoms with Gasteiger partial charge in [-0.1, -0.05) is 89.8 Å². The summed E-state index contributed by atoms with van der Waals surface area (Å²) in [5.74, 6) is -1.31. The van der Waals surface area contributed by atoms with Gasteiger partial charge in [0.2, 0.25) is 0 Å². The zero-order valence-corrected chi connectivity index (χ0v) is 23.3. The first-order chi connectivity index (χ1) is 17.9. The van der Waals surface area contributed by atoms with Crippen LogP contribution in [0.2, 0.25) is 0 Å². The van der Waals surface area contributed by atoms with Crippen LogP contribution in [0.3, 0.4) is 0 Å². The maximum atomic E-state index is 13.9. The van der Waals surface area contributed by atoms with Crippen LogP contribution in [0.15, 0.2) is 59.8 Å². The molecule has 4 rings (SSSR count). The van der Waals surface area contributed by atoms with Gasteiger partial charge in [-0.05, 0) is 67.2 Å². The van der Waals surface area contributed by atoms with Crippen LogP contribution in [0, 0.1) is 23.7 Å². The average molecular weight is 507 g/mol. The van der Waals surface area contributed by atoms with Crippen molar-refractivity contribution < 1.29 is 19.1 Å². The average Bonchev–Trinajstić information content (AvgIpc) is 3.47. The summed E-state index contributed by atoms with van der Waals surface area (Å²) >= 11 is 0. The van der Waals surface area contributed by atoms with Crippen LogP contribution in [0.4, 0.5) is 0 Å². The van der Waals surface area contributed by atoms with Crippen molar-refractivity contribution in [1.29, 1.82) is 0 Å². The van der Waals surface area contributed by atoms with E-state index < -0.39 is 23.0 Å². The summed E-state index contributed by atoms with van der Waals surface area (Å²) in [6.07, 6.45) is 27.0. The van der Waals surface area contributed by atoms with E-state index >= 15 is 0 Å². The highest BCUT2D eigenvalue weighted by Gasteiger charge is 2.55. The van der Waals surface area contributed by atoms with Crippen LogP contribution in [0.5, 0.6) is 0 Å². The van der Waals surface area contributed by atoms with Crippen LogP contribution in [-0.4, -0.2) is 23.1 Å². The van der Waals surface area contributed by atoms with Crippen molar-refractivity contribution in [2.24, 2.45) is 23.7 Å². The van der Waals surface area contributed by atoms with E-state index in [0.29, 0.717) is 12.8 Å². The molecule has 4 nitrogen and oxygen atoms in total. The molecule has 6 atom stereocenters. The van der Waals surface area contributed by atoms with E-state index in [9.17, 15) is 9.59 Å². The number of hydrogen-bond donors (Lipinski definition) is 0. The molecule has 37 heavy (non-hydrogen) atoms. The second-order valence-corrected chi connectivity index (χ2v) is 11.6. The molecule has 4 heteroatoms. The third-order valence-electron chi connectivity index (χ3n) is 8.52. The summed E-state index contributed by atoms with van der Waals surface area (Å²) in [6, 6.07) is 0. The van der Waals surface area contributed by atoms with Crippen LogP contribution >= 0.6 is 0 Å². The Labute approximate surface area is 223 Å². The Morgan fingerprint density at radius 3 is 1.54 bits per heavy atom. The quantitative estimate of drug-likeness (QED) is 0.199. The molecule has 0 heterocycles. The van der Waals surface area contributed by atoms with E-state index in [1.165, 1.54) is 11.1 Å². The molecule has 0 spiro atoms. The van der Waals surface area contributed by atoms with Gasteiger partial charge in [0.15, 0.2) is 0 Å². The molecule has 1 fully saturated rings. The first-order valence-electron chi connectivity index (χ1n) is 14.8. The van der Waals surface area contributed by atoms with E-state index in [1.807, 2.05) is 0 Å². The standard InChI is InChI=1S/C33H46O4/c1-5-11-24-13-9-19-32(22-24,17-7-3)36-30(34)28-26-15-16-27(21-26)29(28)31(35)37-33(18-8-4)20-10-14-25(23-33)12-6-2/h9-10,13-16,22-23,26-29H,5-8,11-12,17-21H2,1-4H3. The molecule has 4 aliphatic rings. The largest absolute Gasteiger partial charge is 0.454 e. The van der Waals surface area contributed by atoms with Gasteiger partial charge in [0.25, 0.3) is 0 Å². The van der Waals surface area contributed by atoms with Gasteiger partial charge in [0, 0.05) is 12.8 Å². The molecular weight excluding hydrogens is 460 g/mol. The first kappa shape index (κ1) is 27.7. The molecule has 1 saturated carbocycles. The van der Waals surface area contributed by atoms with Crippen molar-refractivity contribution in [3.63, 3.8) is 0 Å². The minimum Gasteiger partial charge on any atom is -0.454 e. The fourth-order valence-corrected chi connectivity index (χ4v) is 7.04. The Hall–Kier alpha value is -2.36. The Kier molecular flexibility index (Phi) is 8.98. The number of rotatable bonds is 12. The number of esters is 2. The summed E-state index contributed by atoms with van der Waals surface area (Å²) in [5, 5.41) is 0. The molecule has 202 valence electrons. The SMILES string of the molecule is CCCC1=CC(CCC)(OC(=O)C2C3C=CC(C3)C2C(=O)OC2(CCC)C=C(CCC)C=CC2)CC=C1. The summed E-state index contributed by atoms with van der Waals surface area (Å²) in [6.45, 7) is 8.60. The van der Waals surface area contributed by atoms with Gasteiger partial charge in [-0.3, -0.25) is 9.59 Å². The van der Waals surface area contributed by atoms with Gasteiger partial charge >= 0.3 is 11.9 Å². The van der Waals surface area contributed by atoms with E-state index in [-0.39, 0.29) is 23.8 Å². The van der Waals surface area contributed by atoms with Crippen LogP contribution in [0.25, 0.3) is 0 Å². The summed E-state index contributed by atoms with van der Waals surface area (Å²) in [7, 11) is 0. The lowest BCUT2D eigenvalue weighted by Crippen LogP contribution is -2.44. The zero-order chi connectivity index (χ0) is 26.5. The van der Waals surface area contributed by atoms with E-state index in [4.69, 9.17) is 9.47 Å². The highest BCUT2D eigenvalue weighted by molar-refractivity contribution is 5.85. The second kappa shape index (κ2) is 12.0. The Balaban J connectivity index is 1.55. The Bertz CT molecular complexity index is 920. The lowest BCUT2D eigenvalue weighted by atomic mass is 9.81. The number of fused-ring (bicyclic) bond motifs is 2. The van der Waals surface area contributed by atoms with Gasteiger partial charge in [-0.25, -0.2) is 0 Å². The van der Waals surface area contributed by atoms with E-state index in [2.05, 4.69) is 76.3 Å². The molecule has 0 N–H and O–H groups in total. The van der Waals surface area contributed by atoms with E-state index in [0.717, 1.165) is 57.8 Å². The molecule has 0 aromatic carbocycles. The monoisotopic (exact) mass is 506 g/mol. The summed E-state index contributed by atoms with van der Waals surface area (Å²) in [4.78, 5) is 27.7. The maximum Gasteiger partial charge on any atom is 0.311 e. The summed E-state index contributed by atoms with van der Waals surface area (Å²) in [5.41, 5.74) is 1.25. The fraction of sp³-hybridized carbons (Fsp3) is 0.636. The first-order valence-corrected chi connectivity index (χ1v) is 14.8. The molecule has 0 aliphatic heterocycles. The summed E-state index contributed by atoms with van der Waals surface area (Å²) < 4.78 is 12.8. The molecule has 0 radical (unpaired) electrons. The predicted molar refractivity (Wildman–Crippen MR) is 149 cm³/mol. The minimum atomic E-state index is -0.611. The molecule has 0 amide bonds. The molecule has 4 aliphatic carbocycles. The van der Waals surface area contributed by atoms with Gasteiger partial charge in [-0.15, -0.1) is 0 Å².